The van der Waals surface area contributed by atoms with E-state index in [-0.39, 0.29) is 5.91 Å². The fourth-order valence-electron chi connectivity index (χ4n) is 4.75. The van der Waals surface area contributed by atoms with Crippen molar-refractivity contribution in [1.82, 2.24) is 4.90 Å². The summed E-state index contributed by atoms with van der Waals surface area (Å²) in [5.74, 6) is 1.88. The minimum atomic E-state index is -0.195. The molecule has 4 aromatic rings. The number of carbonyl (C=O) groups excluding carboxylic acids is 1. The van der Waals surface area contributed by atoms with Gasteiger partial charge in [-0.2, -0.15) is 0 Å². The molecule has 0 aliphatic carbocycles. The number of nitrogens with one attached hydrogen (secondary N) is 1. The van der Waals surface area contributed by atoms with E-state index in [1.54, 1.807) is 20.3 Å². The second kappa shape index (κ2) is 12.0. The van der Waals surface area contributed by atoms with Gasteiger partial charge in [0.1, 0.15) is 12.4 Å². The molecular weight excluding hydrogens is 480 g/mol. The first-order chi connectivity index (χ1) is 18.7. The smallest absolute Gasteiger partial charge is 0.255 e. The molecule has 7 nitrogen and oxygen atoms in total. The summed E-state index contributed by atoms with van der Waals surface area (Å²) >= 11 is 0. The number of carbonyl (C=O) groups is 1. The van der Waals surface area contributed by atoms with Crippen molar-refractivity contribution in [2.45, 2.75) is 0 Å². The highest BCUT2D eigenvalue weighted by Crippen LogP contribution is 2.38. The molecule has 1 N–H and O–H groups in total. The van der Waals surface area contributed by atoms with Crippen molar-refractivity contribution >= 4 is 22.4 Å². The van der Waals surface area contributed by atoms with E-state index in [4.69, 9.17) is 18.9 Å². The molecule has 1 heterocycles. The third kappa shape index (κ3) is 5.59. The van der Waals surface area contributed by atoms with Crippen molar-refractivity contribution in [1.29, 1.82) is 0 Å². The van der Waals surface area contributed by atoms with Crippen LogP contribution >= 0.6 is 0 Å². The molecule has 1 fully saturated rings. The number of para-hydroxylation sites is 1. The largest absolute Gasteiger partial charge is 0.493 e. The number of hydrogen-bond acceptors (Lipinski definition) is 6. The maximum Gasteiger partial charge on any atom is 0.255 e. The van der Waals surface area contributed by atoms with Crippen LogP contribution in [0.1, 0.15) is 10.4 Å². The summed E-state index contributed by atoms with van der Waals surface area (Å²) in [6.07, 6.45) is 0. The highest BCUT2D eigenvalue weighted by molar-refractivity contribution is 6.10. The van der Waals surface area contributed by atoms with E-state index in [0.29, 0.717) is 23.7 Å². The predicted octanol–water partition coefficient (Wildman–Crippen LogP) is 5.49. The van der Waals surface area contributed by atoms with Crippen LogP contribution in [0.5, 0.6) is 17.2 Å². The molecule has 196 valence electrons. The lowest BCUT2D eigenvalue weighted by Crippen LogP contribution is -2.38. The summed E-state index contributed by atoms with van der Waals surface area (Å²) in [5, 5.41) is 4.98. The summed E-state index contributed by atoms with van der Waals surface area (Å²) in [7, 11) is 3.22. The number of morpholine rings is 1. The Morgan fingerprint density at radius 2 is 1.66 bits per heavy atom. The van der Waals surface area contributed by atoms with E-state index in [1.165, 1.54) is 0 Å². The van der Waals surface area contributed by atoms with E-state index < -0.39 is 0 Å². The maximum absolute atomic E-state index is 13.3. The number of ether oxygens (including phenoxy) is 4. The molecule has 0 radical (unpaired) electrons. The van der Waals surface area contributed by atoms with E-state index in [9.17, 15) is 4.79 Å². The van der Waals surface area contributed by atoms with E-state index in [0.717, 1.165) is 66.2 Å². The van der Waals surface area contributed by atoms with Gasteiger partial charge in [-0.25, -0.2) is 0 Å². The molecule has 1 amide bonds. The average Bonchev–Trinajstić information content (AvgIpc) is 2.98. The fourth-order valence-corrected chi connectivity index (χ4v) is 4.75. The van der Waals surface area contributed by atoms with Crippen molar-refractivity contribution in [3.63, 3.8) is 0 Å². The number of methoxy groups -OCH3 is 2. The third-order valence-electron chi connectivity index (χ3n) is 6.74. The second-order valence-electron chi connectivity index (χ2n) is 9.04. The third-order valence-corrected chi connectivity index (χ3v) is 6.74. The monoisotopic (exact) mass is 512 g/mol. The Labute approximate surface area is 222 Å². The molecule has 0 bridgehead atoms. The van der Waals surface area contributed by atoms with Gasteiger partial charge in [0.2, 0.25) is 0 Å². The zero-order valence-corrected chi connectivity index (χ0v) is 21.7. The lowest BCUT2D eigenvalue weighted by molar-refractivity contribution is 0.0323. The molecule has 1 saturated heterocycles. The average molecular weight is 513 g/mol. The van der Waals surface area contributed by atoms with Gasteiger partial charge in [-0.05, 0) is 35.9 Å². The van der Waals surface area contributed by atoms with Gasteiger partial charge >= 0.3 is 0 Å². The van der Waals surface area contributed by atoms with E-state index in [2.05, 4.69) is 10.2 Å². The topological polar surface area (TPSA) is 69.3 Å². The Morgan fingerprint density at radius 3 is 2.45 bits per heavy atom. The van der Waals surface area contributed by atoms with Crippen LogP contribution in [0, 0.1) is 0 Å². The second-order valence-corrected chi connectivity index (χ2v) is 9.04. The molecule has 1 aliphatic heterocycles. The molecule has 0 unspecified atom stereocenters. The predicted molar refractivity (Wildman–Crippen MR) is 150 cm³/mol. The Bertz CT molecular complexity index is 1410. The van der Waals surface area contributed by atoms with Crippen molar-refractivity contribution in [3.8, 4) is 28.4 Å². The summed E-state index contributed by atoms with van der Waals surface area (Å²) < 4.78 is 22.6. The summed E-state index contributed by atoms with van der Waals surface area (Å²) in [6, 6.07) is 25.0. The molecule has 0 saturated carbocycles. The Morgan fingerprint density at radius 1 is 0.868 bits per heavy atom. The first kappa shape index (κ1) is 25.6. The number of nitrogens with zero attached hydrogens (tertiary/aromatic N) is 1. The summed E-state index contributed by atoms with van der Waals surface area (Å²) in [6.45, 7) is 4.85. The SMILES string of the molecule is COc1cccc(-c2cccc(C(=O)Nc3ccc(OCCN4CCOCC4)c4ccccc34)c2)c1OC. The van der Waals surface area contributed by atoms with Crippen LogP contribution in [0.2, 0.25) is 0 Å². The molecule has 38 heavy (non-hydrogen) atoms. The minimum absolute atomic E-state index is 0.195. The first-order valence-electron chi connectivity index (χ1n) is 12.8. The fraction of sp³-hybridized carbons (Fsp3) is 0.258. The van der Waals surface area contributed by atoms with Crippen molar-refractivity contribution in [2.75, 3.05) is 59.0 Å². The number of benzene rings is 4. The first-order valence-corrected chi connectivity index (χ1v) is 12.8. The van der Waals surface area contributed by atoms with Gasteiger partial charge in [-0.3, -0.25) is 9.69 Å². The number of hydrogen-bond donors (Lipinski definition) is 1. The molecule has 1 aliphatic rings. The van der Waals surface area contributed by atoms with Crippen LogP contribution in [0.3, 0.4) is 0 Å². The van der Waals surface area contributed by atoms with Gasteiger partial charge in [-0.1, -0.05) is 48.5 Å². The van der Waals surface area contributed by atoms with Crippen LogP contribution in [0.15, 0.2) is 78.9 Å². The van der Waals surface area contributed by atoms with Crippen LogP contribution in [-0.4, -0.2) is 64.5 Å². The molecule has 7 heteroatoms. The Balaban J connectivity index is 1.35. The lowest BCUT2D eigenvalue weighted by Gasteiger charge is -2.26. The van der Waals surface area contributed by atoms with Gasteiger partial charge in [0.15, 0.2) is 11.5 Å². The standard InChI is InChI=1S/C31H32N2O5/c1-35-29-12-6-11-24(30(29)36-2)22-7-5-8-23(21-22)31(34)32-27-13-14-28(26-10-4-3-9-25(26)27)38-20-17-33-15-18-37-19-16-33/h3-14,21H,15-20H2,1-2H3,(H,32,34). The quantitative estimate of drug-likeness (QED) is 0.320. The Kier molecular flexibility index (Phi) is 8.06. The number of amides is 1. The van der Waals surface area contributed by atoms with Gasteiger partial charge in [-0.15, -0.1) is 0 Å². The number of anilines is 1. The highest BCUT2D eigenvalue weighted by Gasteiger charge is 2.16. The van der Waals surface area contributed by atoms with Gasteiger partial charge < -0.3 is 24.3 Å². The van der Waals surface area contributed by atoms with Gasteiger partial charge in [0.05, 0.1) is 27.4 Å². The molecule has 5 rings (SSSR count). The Hall–Kier alpha value is -4.07. The number of rotatable bonds is 9. The van der Waals surface area contributed by atoms with Gasteiger partial charge in [0, 0.05) is 47.2 Å². The zero-order valence-electron chi connectivity index (χ0n) is 21.7. The lowest BCUT2D eigenvalue weighted by atomic mass is 10.0. The van der Waals surface area contributed by atoms with E-state index >= 15 is 0 Å². The molecule has 4 aromatic carbocycles. The van der Waals surface area contributed by atoms with Crippen LogP contribution in [0.4, 0.5) is 5.69 Å². The van der Waals surface area contributed by atoms with Crippen LogP contribution in [0.25, 0.3) is 21.9 Å². The van der Waals surface area contributed by atoms with Crippen LogP contribution < -0.4 is 19.5 Å². The minimum Gasteiger partial charge on any atom is -0.493 e. The van der Waals surface area contributed by atoms with Crippen molar-refractivity contribution in [3.05, 3.63) is 84.4 Å². The molecule has 0 spiro atoms. The van der Waals surface area contributed by atoms with Crippen molar-refractivity contribution in [2.24, 2.45) is 0 Å². The highest BCUT2D eigenvalue weighted by atomic mass is 16.5. The number of fused-ring (bicyclic) bond motifs is 1. The zero-order chi connectivity index (χ0) is 26.3. The van der Waals surface area contributed by atoms with Crippen molar-refractivity contribution < 1.29 is 23.7 Å². The van der Waals surface area contributed by atoms with Crippen LogP contribution in [-0.2, 0) is 4.74 Å². The molecule has 0 aromatic heterocycles. The molecule has 0 atom stereocenters. The molecular formula is C31H32N2O5. The van der Waals surface area contributed by atoms with Gasteiger partial charge in [0.25, 0.3) is 5.91 Å². The summed E-state index contributed by atoms with van der Waals surface area (Å²) in [5.41, 5.74) is 2.99. The maximum atomic E-state index is 13.3. The van der Waals surface area contributed by atoms with E-state index in [1.807, 2.05) is 72.8 Å². The summed E-state index contributed by atoms with van der Waals surface area (Å²) in [4.78, 5) is 15.7. The normalized spacial score (nSPS) is 13.7.